The Morgan fingerprint density at radius 2 is 1.83 bits per heavy atom. The van der Waals surface area contributed by atoms with E-state index in [1.54, 1.807) is 16.7 Å². The maximum atomic E-state index is 13.0. The number of rotatable bonds is 6. The number of anilines is 1. The zero-order valence-corrected chi connectivity index (χ0v) is 17.8. The summed E-state index contributed by atoms with van der Waals surface area (Å²) in [4.78, 5) is 11.1. The topological polar surface area (TPSA) is 92.4 Å². The summed E-state index contributed by atoms with van der Waals surface area (Å²) in [6, 6.07) is 10.2. The number of benzene rings is 1. The van der Waals surface area contributed by atoms with Crippen molar-refractivity contribution in [2.24, 2.45) is 0 Å². The van der Waals surface area contributed by atoms with Gasteiger partial charge in [0.05, 0.1) is 0 Å². The van der Waals surface area contributed by atoms with E-state index < -0.39 is 10.0 Å². The summed E-state index contributed by atoms with van der Waals surface area (Å²) in [6.45, 7) is 2.99. The third-order valence-corrected chi connectivity index (χ3v) is 7.77. The minimum Gasteiger partial charge on any atom is -0.356 e. The Morgan fingerprint density at radius 3 is 2.57 bits per heavy atom. The Labute approximate surface area is 175 Å². The van der Waals surface area contributed by atoms with Gasteiger partial charge in [0.1, 0.15) is 23.6 Å². The molecule has 9 heteroatoms. The zero-order valence-electron chi connectivity index (χ0n) is 16.9. The summed E-state index contributed by atoms with van der Waals surface area (Å²) < 4.78 is 33.0. The lowest BCUT2D eigenvalue weighted by molar-refractivity contribution is 0.307. The zero-order chi connectivity index (χ0) is 20.7. The molecule has 8 nitrogen and oxygen atoms in total. The number of aryl methyl sites for hydroxylation is 1. The first-order valence-corrected chi connectivity index (χ1v) is 12.0. The van der Waals surface area contributed by atoms with Crippen molar-refractivity contribution < 1.29 is 12.9 Å². The summed E-state index contributed by atoms with van der Waals surface area (Å²) in [5, 5.41) is 4.75. The van der Waals surface area contributed by atoms with Crippen LogP contribution >= 0.6 is 0 Å². The van der Waals surface area contributed by atoms with Gasteiger partial charge in [-0.3, -0.25) is 0 Å². The van der Waals surface area contributed by atoms with Gasteiger partial charge in [-0.05, 0) is 44.7 Å². The quantitative estimate of drug-likeness (QED) is 0.597. The number of hydrogen-bond acceptors (Lipinski definition) is 7. The van der Waals surface area contributed by atoms with Crippen molar-refractivity contribution >= 4 is 26.8 Å². The van der Waals surface area contributed by atoms with Crippen LogP contribution in [0.5, 0.6) is 0 Å². The van der Waals surface area contributed by atoms with Crippen LogP contribution in [0.3, 0.4) is 0 Å². The van der Waals surface area contributed by atoms with E-state index >= 15 is 0 Å². The van der Waals surface area contributed by atoms with Gasteiger partial charge in [-0.2, -0.15) is 0 Å². The Morgan fingerprint density at radius 1 is 1.10 bits per heavy atom. The number of hydrogen-bond donors (Lipinski definition) is 0. The van der Waals surface area contributed by atoms with Crippen LogP contribution < -0.4 is 4.90 Å². The van der Waals surface area contributed by atoms with Crippen LogP contribution in [0.15, 0.2) is 41.2 Å². The van der Waals surface area contributed by atoms with Gasteiger partial charge in [0.2, 0.25) is 10.0 Å². The van der Waals surface area contributed by atoms with Crippen molar-refractivity contribution in [2.45, 2.75) is 50.4 Å². The molecular weight excluding hydrogens is 402 g/mol. The number of aromatic nitrogens is 3. The van der Waals surface area contributed by atoms with Crippen molar-refractivity contribution in [3.05, 3.63) is 48.0 Å². The van der Waals surface area contributed by atoms with E-state index in [4.69, 9.17) is 4.52 Å². The largest absolute Gasteiger partial charge is 0.356 e. The van der Waals surface area contributed by atoms with E-state index in [1.807, 2.05) is 31.2 Å². The predicted octanol–water partition coefficient (Wildman–Crippen LogP) is 2.89. The van der Waals surface area contributed by atoms with Crippen molar-refractivity contribution in [1.29, 1.82) is 0 Å². The molecule has 3 aromatic rings. The lowest BCUT2D eigenvalue weighted by Gasteiger charge is -2.39. The highest BCUT2D eigenvalue weighted by Gasteiger charge is 2.38. The molecule has 5 rings (SSSR count). The molecule has 0 spiro atoms. The molecule has 2 aromatic heterocycles. The van der Waals surface area contributed by atoms with Gasteiger partial charge < -0.3 is 9.42 Å². The lowest BCUT2D eigenvalue weighted by Crippen LogP contribution is -2.48. The molecule has 158 valence electrons. The molecule has 0 atom stereocenters. The average molecular weight is 428 g/mol. The lowest BCUT2D eigenvalue weighted by atomic mass is 10.0. The minimum absolute atomic E-state index is 0.133. The van der Waals surface area contributed by atoms with Gasteiger partial charge in [0.25, 0.3) is 0 Å². The van der Waals surface area contributed by atoms with Crippen molar-refractivity contribution in [1.82, 2.24) is 19.4 Å². The van der Waals surface area contributed by atoms with E-state index in [0.29, 0.717) is 36.5 Å². The molecular formula is C21H25N5O3S. The monoisotopic (exact) mass is 427 g/mol. The summed E-state index contributed by atoms with van der Waals surface area (Å²) in [5.41, 5.74) is 2.04. The SMILES string of the molecule is Cc1cc(N(C2CC2)C2CCN(S(=O)(=O)Cc3noc4ccccc34)CC2)ncn1. The third-order valence-electron chi connectivity index (χ3n) is 5.98. The van der Waals surface area contributed by atoms with Gasteiger partial charge in [0.15, 0.2) is 5.58 Å². The molecule has 0 radical (unpaired) electrons. The van der Waals surface area contributed by atoms with Crippen LogP contribution in [0.25, 0.3) is 11.0 Å². The van der Waals surface area contributed by atoms with Crippen LogP contribution in [0, 0.1) is 6.92 Å². The van der Waals surface area contributed by atoms with Crippen LogP contribution in [0.1, 0.15) is 37.1 Å². The number of fused-ring (bicyclic) bond motifs is 1. The molecule has 1 saturated heterocycles. The molecule has 30 heavy (non-hydrogen) atoms. The summed E-state index contributed by atoms with van der Waals surface area (Å²) in [5.74, 6) is 0.826. The number of para-hydroxylation sites is 1. The normalized spacial score (nSPS) is 18.7. The van der Waals surface area contributed by atoms with Crippen molar-refractivity contribution in [2.75, 3.05) is 18.0 Å². The molecule has 1 aliphatic heterocycles. The molecule has 1 aromatic carbocycles. The highest BCUT2D eigenvalue weighted by Crippen LogP contribution is 2.35. The molecule has 2 fully saturated rings. The van der Waals surface area contributed by atoms with Gasteiger partial charge in [-0.1, -0.05) is 17.3 Å². The smallest absolute Gasteiger partial charge is 0.220 e. The fourth-order valence-electron chi connectivity index (χ4n) is 4.31. The van der Waals surface area contributed by atoms with Gasteiger partial charge in [0, 0.05) is 42.3 Å². The summed E-state index contributed by atoms with van der Waals surface area (Å²) in [6.07, 6.45) is 5.53. The Bertz CT molecular complexity index is 1150. The summed E-state index contributed by atoms with van der Waals surface area (Å²) in [7, 11) is -3.46. The number of piperidine rings is 1. The van der Waals surface area contributed by atoms with Gasteiger partial charge in [-0.15, -0.1) is 0 Å². The fourth-order valence-corrected chi connectivity index (χ4v) is 5.81. The Hall–Kier alpha value is -2.52. The van der Waals surface area contributed by atoms with E-state index in [1.165, 1.54) is 12.8 Å². The first kappa shape index (κ1) is 19.4. The second kappa shape index (κ2) is 7.63. The molecule has 1 aliphatic carbocycles. The minimum atomic E-state index is -3.46. The van der Waals surface area contributed by atoms with Crippen LogP contribution in [-0.4, -0.2) is 53.0 Å². The van der Waals surface area contributed by atoms with Crippen molar-refractivity contribution in [3.8, 4) is 0 Å². The third kappa shape index (κ3) is 3.79. The average Bonchev–Trinajstić information content (AvgIpc) is 3.49. The standard InChI is InChI=1S/C21H25N5O3S/c1-15-12-21(23-14-22-15)26(16-6-7-16)17-8-10-25(11-9-17)30(27,28)13-19-18-4-2-3-5-20(18)29-24-19/h2-5,12,14,16-17H,6-11,13H2,1H3. The molecule has 0 bridgehead atoms. The Balaban J connectivity index is 1.29. The van der Waals surface area contributed by atoms with E-state index in [0.717, 1.165) is 29.7 Å². The van der Waals surface area contributed by atoms with Gasteiger partial charge >= 0.3 is 0 Å². The van der Waals surface area contributed by atoms with Crippen LogP contribution in [0.4, 0.5) is 5.82 Å². The number of nitrogens with zero attached hydrogens (tertiary/aromatic N) is 5. The first-order chi connectivity index (χ1) is 14.5. The molecule has 3 heterocycles. The maximum absolute atomic E-state index is 13.0. The molecule has 0 N–H and O–H groups in total. The van der Waals surface area contributed by atoms with Crippen LogP contribution in [0.2, 0.25) is 0 Å². The van der Waals surface area contributed by atoms with Gasteiger partial charge in [-0.25, -0.2) is 22.7 Å². The maximum Gasteiger partial charge on any atom is 0.220 e. The van der Waals surface area contributed by atoms with Crippen LogP contribution in [-0.2, 0) is 15.8 Å². The molecule has 2 aliphatic rings. The van der Waals surface area contributed by atoms with E-state index in [2.05, 4.69) is 20.0 Å². The second-order valence-electron chi connectivity index (χ2n) is 8.17. The van der Waals surface area contributed by atoms with E-state index in [9.17, 15) is 8.42 Å². The van der Waals surface area contributed by atoms with Crippen molar-refractivity contribution in [3.63, 3.8) is 0 Å². The second-order valence-corrected chi connectivity index (χ2v) is 10.1. The first-order valence-electron chi connectivity index (χ1n) is 10.4. The molecule has 0 amide bonds. The van der Waals surface area contributed by atoms with E-state index in [-0.39, 0.29) is 5.75 Å². The summed E-state index contributed by atoms with van der Waals surface area (Å²) >= 11 is 0. The molecule has 1 saturated carbocycles. The fraction of sp³-hybridized carbons (Fsp3) is 0.476. The Kier molecular flexibility index (Phi) is 4.94. The highest BCUT2D eigenvalue weighted by atomic mass is 32.2. The molecule has 0 unspecified atom stereocenters. The predicted molar refractivity (Wildman–Crippen MR) is 113 cm³/mol. The highest BCUT2D eigenvalue weighted by molar-refractivity contribution is 7.88. The number of sulfonamides is 1.